The van der Waals surface area contributed by atoms with Crippen LogP contribution in [0.25, 0.3) is 0 Å². The van der Waals surface area contributed by atoms with Gasteiger partial charge in [-0.05, 0) is 30.5 Å². The molecular formula is C20H27F3N2O5. The molecule has 2 saturated heterocycles. The van der Waals surface area contributed by atoms with Gasteiger partial charge in [0.25, 0.3) is 0 Å². The normalized spacial score (nSPS) is 21.6. The van der Waals surface area contributed by atoms with Crippen LogP contribution >= 0.6 is 0 Å². The number of aliphatic carboxylic acids is 1. The first-order chi connectivity index (χ1) is 14.2. The molecule has 1 aromatic rings. The van der Waals surface area contributed by atoms with Crippen LogP contribution in [0, 0.1) is 0 Å². The molecule has 168 valence electrons. The predicted molar refractivity (Wildman–Crippen MR) is 102 cm³/mol. The number of benzene rings is 1. The molecule has 1 N–H and O–H groups in total. The Labute approximate surface area is 173 Å². The van der Waals surface area contributed by atoms with E-state index in [4.69, 9.17) is 19.4 Å². The summed E-state index contributed by atoms with van der Waals surface area (Å²) in [5.74, 6) is -1.58. The third-order valence-electron chi connectivity index (χ3n) is 5.32. The molecule has 1 amide bonds. The SMILES string of the molecule is COCCN1C(=O)CC[C@@H]2[C@H]1CCN2Cc1ccc(OC)cc1.O=C(O)C(F)(F)F. The maximum absolute atomic E-state index is 12.2. The summed E-state index contributed by atoms with van der Waals surface area (Å²) in [6, 6.07) is 9.11. The van der Waals surface area contributed by atoms with Crippen molar-refractivity contribution in [1.82, 2.24) is 9.80 Å². The van der Waals surface area contributed by atoms with E-state index in [9.17, 15) is 18.0 Å². The Kier molecular flexibility index (Phi) is 8.48. The summed E-state index contributed by atoms with van der Waals surface area (Å²) >= 11 is 0. The van der Waals surface area contributed by atoms with E-state index in [-0.39, 0.29) is 5.91 Å². The van der Waals surface area contributed by atoms with Gasteiger partial charge in [0.2, 0.25) is 5.91 Å². The number of hydrogen-bond acceptors (Lipinski definition) is 5. The molecule has 1 aromatic carbocycles. The van der Waals surface area contributed by atoms with Gasteiger partial charge in [-0.15, -0.1) is 0 Å². The molecule has 0 bridgehead atoms. The van der Waals surface area contributed by atoms with E-state index in [1.807, 2.05) is 17.0 Å². The second-order valence-electron chi connectivity index (χ2n) is 7.16. The summed E-state index contributed by atoms with van der Waals surface area (Å²) in [4.78, 5) is 25.7. The predicted octanol–water partition coefficient (Wildman–Crippen LogP) is 2.54. The number of rotatable bonds is 6. The number of ether oxygens (including phenoxy) is 2. The molecule has 0 aromatic heterocycles. The molecule has 0 aliphatic carbocycles. The highest BCUT2D eigenvalue weighted by atomic mass is 19.4. The molecule has 2 aliphatic rings. The molecule has 2 heterocycles. The number of likely N-dealkylation sites (tertiary alicyclic amines) is 2. The number of carbonyl (C=O) groups excluding carboxylic acids is 1. The second-order valence-corrected chi connectivity index (χ2v) is 7.16. The number of nitrogens with zero attached hydrogens (tertiary/aromatic N) is 2. The van der Waals surface area contributed by atoms with E-state index < -0.39 is 12.1 Å². The number of piperidine rings is 1. The summed E-state index contributed by atoms with van der Waals surface area (Å²) in [6.07, 6.45) is -2.39. The summed E-state index contributed by atoms with van der Waals surface area (Å²) in [5, 5.41) is 7.12. The lowest BCUT2D eigenvalue weighted by Gasteiger charge is -2.39. The van der Waals surface area contributed by atoms with Crippen LogP contribution < -0.4 is 4.74 Å². The van der Waals surface area contributed by atoms with Gasteiger partial charge in [-0.3, -0.25) is 9.69 Å². The van der Waals surface area contributed by atoms with E-state index in [1.54, 1.807) is 14.2 Å². The number of carbonyl (C=O) groups is 2. The molecule has 3 rings (SSSR count). The average Bonchev–Trinajstić information content (AvgIpc) is 3.10. The van der Waals surface area contributed by atoms with Crippen molar-refractivity contribution >= 4 is 11.9 Å². The Balaban J connectivity index is 0.000000396. The molecule has 2 aliphatic heterocycles. The van der Waals surface area contributed by atoms with Crippen molar-refractivity contribution in [3.63, 3.8) is 0 Å². The molecule has 0 radical (unpaired) electrons. The van der Waals surface area contributed by atoms with Crippen molar-refractivity contribution in [3.8, 4) is 5.75 Å². The smallest absolute Gasteiger partial charge is 0.490 e. The minimum atomic E-state index is -5.08. The summed E-state index contributed by atoms with van der Waals surface area (Å²) in [6.45, 7) is 3.33. The highest BCUT2D eigenvalue weighted by molar-refractivity contribution is 5.77. The van der Waals surface area contributed by atoms with Crippen LogP contribution in [0.15, 0.2) is 24.3 Å². The lowest BCUT2D eigenvalue weighted by molar-refractivity contribution is -0.192. The van der Waals surface area contributed by atoms with Gasteiger partial charge in [-0.1, -0.05) is 12.1 Å². The van der Waals surface area contributed by atoms with Crippen LogP contribution in [0.4, 0.5) is 13.2 Å². The fourth-order valence-corrected chi connectivity index (χ4v) is 3.88. The lowest BCUT2D eigenvalue weighted by atomic mass is 9.96. The van der Waals surface area contributed by atoms with Crippen LogP contribution in [0.2, 0.25) is 0 Å². The number of carboxylic acid groups (broad SMARTS) is 1. The fraction of sp³-hybridized carbons (Fsp3) is 0.600. The molecule has 30 heavy (non-hydrogen) atoms. The van der Waals surface area contributed by atoms with Gasteiger partial charge in [0.05, 0.1) is 13.7 Å². The van der Waals surface area contributed by atoms with Crippen LogP contribution in [0.3, 0.4) is 0 Å². The number of methoxy groups -OCH3 is 2. The standard InChI is InChI=1S/C18H26N2O3.C2HF3O2/c1-22-12-11-20-17-9-10-19(16(17)7-8-18(20)21)13-14-3-5-15(23-2)6-4-14;3-2(4,5)1(6)7/h3-6,16-17H,7-13H2,1-2H3;(H,6,7)/t16-,17-;/m1./s1. The first kappa shape index (κ1) is 23.9. The van der Waals surface area contributed by atoms with E-state index >= 15 is 0 Å². The summed E-state index contributed by atoms with van der Waals surface area (Å²) in [5.41, 5.74) is 1.30. The molecule has 2 fully saturated rings. The monoisotopic (exact) mass is 432 g/mol. The highest BCUT2D eigenvalue weighted by Crippen LogP contribution is 2.32. The Morgan fingerprint density at radius 3 is 2.33 bits per heavy atom. The summed E-state index contributed by atoms with van der Waals surface area (Å²) in [7, 11) is 3.38. The van der Waals surface area contributed by atoms with Crippen molar-refractivity contribution < 1.29 is 37.3 Å². The average molecular weight is 432 g/mol. The number of halogens is 3. The first-order valence-corrected chi connectivity index (χ1v) is 9.63. The zero-order chi connectivity index (χ0) is 22.3. The minimum Gasteiger partial charge on any atom is -0.497 e. The van der Waals surface area contributed by atoms with Crippen LogP contribution in [-0.4, -0.2) is 79.0 Å². The van der Waals surface area contributed by atoms with E-state index in [0.29, 0.717) is 31.7 Å². The van der Waals surface area contributed by atoms with Crippen LogP contribution in [-0.2, 0) is 20.9 Å². The van der Waals surface area contributed by atoms with Crippen molar-refractivity contribution in [3.05, 3.63) is 29.8 Å². The topological polar surface area (TPSA) is 79.3 Å². The zero-order valence-corrected chi connectivity index (χ0v) is 17.0. The number of alkyl halides is 3. The van der Waals surface area contributed by atoms with Gasteiger partial charge in [-0.25, -0.2) is 4.79 Å². The van der Waals surface area contributed by atoms with E-state index in [2.05, 4.69) is 17.0 Å². The van der Waals surface area contributed by atoms with Crippen molar-refractivity contribution in [2.24, 2.45) is 0 Å². The van der Waals surface area contributed by atoms with Gasteiger partial charge in [0.15, 0.2) is 0 Å². The zero-order valence-electron chi connectivity index (χ0n) is 17.0. The van der Waals surface area contributed by atoms with Gasteiger partial charge in [-0.2, -0.15) is 13.2 Å². The third kappa shape index (κ3) is 6.33. The van der Waals surface area contributed by atoms with Crippen molar-refractivity contribution in [1.29, 1.82) is 0 Å². The van der Waals surface area contributed by atoms with Gasteiger partial charge >= 0.3 is 12.1 Å². The number of fused-ring (bicyclic) bond motifs is 1. The summed E-state index contributed by atoms with van der Waals surface area (Å²) < 4.78 is 42.1. The maximum Gasteiger partial charge on any atom is 0.490 e. The second kappa shape index (κ2) is 10.6. The van der Waals surface area contributed by atoms with Crippen LogP contribution in [0.1, 0.15) is 24.8 Å². The molecule has 0 spiro atoms. The molecule has 0 saturated carbocycles. The van der Waals surface area contributed by atoms with Gasteiger partial charge in [0, 0.05) is 45.2 Å². The number of carboxylic acids is 1. The molecular weight excluding hydrogens is 405 g/mol. The van der Waals surface area contributed by atoms with Crippen molar-refractivity contribution in [2.45, 2.75) is 44.1 Å². The van der Waals surface area contributed by atoms with Gasteiger partial charge < -0.3 is 19.5 Å². The van der Waals surface area contributed by atoms with Gasteiger partial charge in [0.1, 0.15) is 5.75 Å². The quantitative estimate of drug-likeness (QED) is 0.744. The molecule has 2 atom stereocenters. The fourth-order valence-electron chi connectivity index (χ4n) is 3.88. The largest absolute Gasteiger partial charge is 0.497 e. The Morgan fingerprint density at radius 1 is 1.17 bits per heavy atom. The highest BCUT2D eigenvalue weighted by Gasteiger charge is 2.42. The Hall–Kier alpha value is -2.33. The minimum absolute atomic E-state index is 0.287. The lowest BCUT2D eigenvalue weighted by Crippen LogP contribution is -2.52. The maximum atomic E-state index is 12.2. The molecule has 10 heteroatoms. The van der Waals surface area contributed by atoms with E-state index in [0.717, 1.165) is 31.7 Å². The van der Waals surface area contributed by atoms with Crippen LogP contribution in [0.5, 0.6) is 5.75 Å². The Morgan fingerprint density at radius 2 is 1.80 bits per heavy atom. The molecule has 0 unspecified atom stereocenters. The first-order valence-electron chi connectivity index (χ1n) is 9.63. The third-order valence-corrected chi connectivity index (χ3v) is 5.32. The van der Waals surface area contributed by atoms with E-state index in [1.165, 1.54) is 5.56 Å². The molecule has 7 nitrogen and oxygen atoms in total. The number of hydrogen-bond donors (Lipinski definition) is 1. The number of amides is 1. The van der Waals surface area contributed by atoms with Crippen molar-refractivity contribution in [2.75, 3.05) is 33.9 Å². The Bertz CT molecular complexity index is 711.